The van der Waals surface area contributed by atoms with E-state index in [4.69, 9.17) is 13.9 Å². The van der Waals surface area contributed by atoms with Gasteiger partial charge in [-0.1, -0.05) is 18.2 Å². The third-order valence-electron chi connectivity index (χ3n) is 6.03. The summed E-state index contributed by atoms with van der Waals surface area (Å²) in [6, 6.07) is 16.0. The SMILES string of the molecule is CCOC(=O)Cc1ccccc1OCc1cc(-c2ccnc(C(CF)N[S@+]([O-])C(C)(C)C)c2)c2occc2c1. The number of fused-ring (bicyclic) bond motifs is 1. The summed E-state index contributed by atoms with van der Waals surface area (Å²) in [5, 5.41) is 0.887. The van der Waals surface area contributed by atoms with E-state index in [1.807, 2.05) is 69.3 Å². The van der Waals surface area contributed by atoms with Crippen LogP contribution in [0.4, 0.5) is 4.39 Å². The van der Waals surface area contributed by atoms with Crippen molar-refractivity contribution in [3.05, 3.63) is 83.9 Å². The van der Waals surface area contributed by atoms with Crippen molar-refractivity contribution >= 4 is 28.3 Å². The third kappa shape index (κ3) is 7.17. The number of esters is 1. The van der Waals surface area contributed by atoms with Crippen LogP contribution < -0.4 is 9.46 Å². The fourth-order valence-electron chi connectivity index (χ4n) is 4.04. The molecule has 2 heterocycles. The van der Waals surface area contributed by atoms with Crippen molar-refractivity contribution in [1.82, 2.24) is 9.71 Å². The summed E-state index contributed by atoms with van der Waals surface area (Å²) in [5.74, 6) is 0.297. The van der Waals surface area contributed by atoms with E-state index in [0.717, 1.165) is 27.6 Å². The second-order valence-electron chi connectivity index (χ2n) is 10.0. The molecule has 206 valence electrons. The number of ether oxygens (including phenoxy) is 2. The molecule has 2 aromatic carbocycles. The van der Waals surface area contributed by atoms with Crippen molar-refractivity contribution in [1.29, 1.82) is 0 Å². The molecule has 4 aromatic rings. The van der Waals surface area contributed by atoms with E-state index in [0.29, 0.717) is 23.6 Å². The molecule has 0 bridgehead atoms. The number of para-hydroxylation sites is 1. The normalized spacial score (nSPS) is 13.3. The summed E-state index contributed by atoms with van der Waals surface area (Å²) in [6.07, 6.45) is 3.35. The van der Waals surface area contributed by atoms with Gasteiger partial charge in [0.1, 0.15) is 35.4 Å². The van der Waals surface area contributed by atoms with Gasteiger partial charge in [0, 0.05) is 34.1 Å². The van der Waals surface area contributed by atoms with Crippen LogP contribution in [0.2, 0.25) is 0 Å². The van der Waals surface area contributed by atoms with Crippen molar-refractivity contribution in [2.45, 2.75) is 51.5 Å². The van der Waals surface area contributed by atoms with Gasteiger partial charge < -0.3 is 18.4 Å². The minimum atomic E-state index is -1.46. The molecule has 0 aliphatic heterocycles. The molecule has 2 aromatic heterocycles. The second kappa shape index (κ2) is 12.6. The molecule has 9 heteroatoms. The lowest BCUT2D eigenvalue weighted by Gasteiger charge is -2.26. The molecular formula is C30H33FN2O5S. The molecule has 7 nitrogen and oxygen atoms in total. The Balaban J connectivity index is 1.61. The molecule has 0 amide bonds. The summed E-state index contributed by atoms with van der Waals surface area (Å²) in [5.41, 5.74) is 4.35. The maximum absolute atomic E-state index is 14.0. The molecule has 39 heavy (non-hydrogen) atoms. The number of hydrogen-bond acceptors (Lipinski definition) is 7. The van der Waals surface area contributed by atoms with E-state index >= 15 is 0 Å². The number of carbonyl (C=O) groups excluding carboxylic acids is 1. The first-order chi connectivity index (χ1) is 18.7. The average Bonchev–Trinajstić information content (AvgIpc) is 3.39. The molecule has 0 radical (unpaired) electrons. The van der Waals surface area contributed by atoms with E-state index in [9.17, 15) is 13.7 Å². The molecule has 0 spiro atoms. The number of halogens is 1. The Bertz CT molecular complexity index is 1420. The molecule has 4 rings (SSSR count). The standard InChI is InChI=1S/C30H33FN2O5S/c1-5-36-28(34)17-22-8-6-7-9-27(22)38-19-20-14-23-11-13-37-29(23)24(15-20)21-10-12-32-25(16-21)26(18-31)33-39(35)30(2,3)4/h6-16,26,33H,5,17-19H2,1-4H3/t26?,39-/m1/s1. The number of rotatable bonds is 11. The first-order valence-corrected chi connectivity index (χ1v) is 13.9. The third-order valence-corrected chi connectivity index (χ3v) is 7.64. The van der Waals surface area contributed by atoms with Gasteiger partial charge in [-0.25, -0.2) is 4.39 Å². The van der Waals surface area contributed by atoms with Gasteiger partial charge in [0.2, 0.25) is 0 Å². The van der Waals surface area contributed by atoms with E-state index in [-0.39, 0.29) is 19.0 Å². The number of pyridine rings is 1. The van der Waals surface area contributed by atoms with Crippen LogP contribution >= 0.6 is 0 Å². The number of nitrogens with one attached hydrogen (secondary N) is 1. The van der Waals surface area contributed by atoms with Crippen LogP contribution in [0, 0.1) is 0 Å². The first-order valence-electron chi connectivity index (χ1n) is 12.8. The van der Waals surface area contributed by atoms with Crippen molar-refractivity contribution in [3.63, 3.8) is 0 Å². The van der Waals surface area contributed by atoms with Crippen molar-refractivity contribution in [2.75, 3.05) is 13.3 Å². The smallest absolute Gasteiger partial charge is 0.310 e. The van der Waals surface area contributed by atoms with E-state index < -0.39 is 28.8 Å². The minimum absolute atomic E-state index is 0.125. The van der Waals surface area contributed by atoms with Gasteiger partial charge in [-0.05, 0) is 75.2 Å². The van der Waals surface area contributed by atoms with Gasteiger partial charge in [-0.3, -0.25) is 9.78 Å². The van der Waals surface area contributed by atoms with Crippen LogP contribution in [0.1, 0.15) is 50.6 Å². The Morgan fingerprint density at radius 1 is 1.18 bits per heavy atom. The molecule has 2 atom stereocenters. The zero-order valence-electron chi connectivity index (χ0n) is 22.5. The highest BCUT2D eigenvalue weighted by Gasteiger charge is 2.30. The molecule has 0 fully saturated rings. The van der Waals surface area contributed by atoms with E-state index in [1.165, 1.54) is 0 Å². The highest BCUT2D eigenvalue weighted by molar-refractivity contribution is 7.90. The molecule has 0 saturated carbocycles. The van der Waals surface area contributed by atoms with E-state index in [2.05, 4.69) is 9.71 Å². The first kappa shape index (κ1) is 28.6. The lowest BCUT2D eigenvalue weighted by molar-refractivity contribution is -0.142. The van der Waals surface area contributed by atoms with Gasteiger partial charge >= 0.3 is 5.97 Å². The van der Waals surface area contributed by atoms with Crippen LogP contribution in [-0.4, -0.2) is 33.5 Å². The van der Waals surface area contributed by atoms with Crippen LogP contribution in [0.25, 0.3) is 22.1 Å². The maximum atomic E-state index is 14.0. The Labute approximate surface area is 231 Å². The summed E-state index contributed by atoms with van der Waals surface area (Å²) >= 11 is -1.46. The van der Waals surface area contributed by atoms with Crippen molar-refractivity contribution in [2.24, 2.45) is 0 Å². The Morgan fingerprint density at radius 2 is 1.97 bits per heavy atom. The molecule has 1 unspecified atom stereocenters. The number of hydrogen-bond donors (Lipinski definition) is 1. The van der Waals surface area contributed by atoms with Gasteiger partial charge in [-0.15, -0.1) is 4.72 Å². The van der Waals surface area contributed by atoms with Gasteiger partial charge in [-0.2, -0.15) is 0 Å². The summed E-state index contributed by atoms with van der Waals surface area (Å²) < 4.78 is 45.9. The molecule has 1 N–H and O–H groups in total. The second-order valence-corrected chi connectivity index (χ2v) is 12.0. The molecular weight excluding hydrogens is 519 g/mol. The van der Waals surface area contributed by atoms with Crippen LogP contribution in [0.15, 0.2) is 71.5 Å². The predicted octanol–water partition coefficient (Wildman–Crippen LogP) is 6.24. The summed E-state index contributed by atoms with van der Waals surface area (Å²) in [6.45, 7) is 7.07. The van der Waals surface area contributed by atoms with E-state index in [1.54, 1.807) is 25.5 Å². The highest BCUT2D eigenvalue weighted by Crippen LogP contribution is 2.33. The minimum Gasteiger partial charge on any atom is -0.598 e. The fourth-order valence-corrected chi connectivity index (χ4v) is 4.84. The van der Waals surface area contributed by atoms with Crippen LogP contribution in [0.5, 0.6) is 5.75 Å². The van der Waals surface area contributed by atoms with Crippen LogP contribution in [0.3, 0.4) is 0 Å². The van der Waals surface area contributed by atoms with Crippen molar-refractivity contribution in [3.8, 4) is 16.9 Å². The summed E-state index contributed by atoms with van der Waals surface area (Å²) in [4.78, 5) is 16.4. The number of nitrogens with zero attached hydrogens (tertiary/aromatic N) is 1. The Kier molecular flexibility index (Phi) is 9.27. The predicted molar refractivity (Wildman–Crippen MR) is 150 cm³/mol. The fraction of sp³-hybridized carbons (Fsp3) is 0.333. The summed E-state index contributed by atoms with van der Waals surface area (Å²) in [7, 11) is 0. The number of benzene rings is 2. The number of alkyl halides is 1. The highest BCUT2D eigenvalue weighted by atomic mass is 32.2. The van der Waals surface area contributed by atoms with Crippen LogP contribution in [-0.2, 0) is 33.9 Å². The topological polar surface area (TPSA) is 96.7 Å². The molecule has 0 aliphatic carbocycles. The quantitative estimate of drug-likeness (QED) is 0.174. The van der Waals surface area contributed by atoms with Gasteiger partial charge in [0.05, 0.1) is 25.0 Å². The number of furan rings is 1. The average molecular weight is 553 g/mol. The molecule has 0 saturated heterocycles. The lowest BCUT2D eigenvalue weighted by Crippen LogP contribution is -2.42. The zero-order valence-corrected chi connectivity index (χ0v) is 23.3. The molecule has 0 aliphatic rings. The number of aromatic nitrogens is 1. The van der Waals surface area contributed by atoms with Crippen molar-refractivity contribution < 1.29 is 27.6 Å². The lowest BCUT2D eigenvalue weighted by atomic mass is 10.00. The largest absolute Gasteiger partial charge is 0.598 e. The van der Waals surface area contributed by atoms with Gasteiger partial charge in [0.15, 0.2) is 0 Å². The monoisotopic (exact) mass is 552 g/mol. The van der Waals surface area contributed by atoms with Gasteiger partial charge in [0.25, 0.3) is 0 Å². The maximum Gasteiger partial charge on any atom is 0.310 e. The Hall–Kier alpha value is -3.40. The number of carbonyl (C=O) groups is 1. The zero-order chi connectivity index (χ0) is 28.0. The Morgan fingerprint density at radius 3 is 2.72 bits per heavy atom.